The van der Waals surface area contributed by atoms with Crippen molar-refractivity contribution in [2.24, 2.45) is 0 Å². The number of amides is 1. The number of carbonyl (C=O) groups is 1. The van der Waals surface area contributed by atoms with Crippen LogP contribution in [0.15, 0.2) is 42.5 Å². The molecule has 33 heavy (non-hydrogen) atoms. The number of likely N-dealkylation sites (tertiary alicyclic amines) is 1. The molecule has 5 nitrogen and oxygen atoms in total. The number of benzene rings is 2. The van der Waals surface area contributed by atoms with Crippen molar-refractivity contribution in [1.29, 1.82) is 0 Å². The van der Waals surface area contributed by atoms with Gasteiger partial charge in [-0.3, -0.25) is 9.69 Å². The van der Waals surface area contributed by atoms with Crippen LogP contribution in [0.2, 0.25) is 0 Å². The highest BCUT2D eigenvalue weighted by Gasteiger charge is 2.37. The maximum atomic E-state index is 13.4. The number of anilines is 1. The molecule has 2 aromatic carbocycles. The molecule has 0 radical (unpaired) electrons. The van der Waals surface area contributed by atoms with Crippen LogP contribution in [0.4, 0.5) is 5.69 Å². The van der Waals surface area contributed by atoms with E-state index in [1.807, 2.05) is 58.7 Å². The summed E-state index contributed by atoms with van der Waals surface area (Å²) in [5.74, 6) is 0.738. The van der Waals surface area contributed by atoms with Gasteiger partial charge in [0.05, 0.1) is 0 Å². The summed E-state index contributed by atoms with van der Waals surface area (Å²) in [6.45, 7) is 12.6. The minimum atomic E-state index is -0.954. The molecule has 0 unspecified atom stereocenters. The Hall–Kier alpha value is -2.79. The summed E-state index contributed by atoms with van der Waals surface area (Å²) in [4.78, 5) is 17.7. The van der Waals surface area contributed by atoms with Crippen LogP contribution < -0.4 is 10.5 Å². The van der Waals surface area contributed by atoms with Gasteiger partial charge in [-0.25, -0.2) is 0 Å². The summed E-state index contributed by atoms with van der Waals surface area (Å²) in [5, 5.41) is 0. The molecule has 1 aliphatic heterocycles. The first kappa shape index (κ1) is 24.8. The summed E-state index contributed by atoms with van der Waals surface area (Å²) >= 11 is 0. The molecule has 1 saturated heterocycles. The maximum absolute atomic E-state index is 13.4. The van der Waals surface area contributed by atoms with E-state index in [0.29, 0.717) is 0 Å². The van der Waals surface area contributed by atoms with E-state index < -0.39 is 5.60 Å². The number of likely N-dealkylation sites (N-methyl/N-ethyl adjacent to an activating group) is 1. The van der Waals surface area contributed by atoms with Crippen LogP contribution >= 0.6 is 0 Å². The molecule has 178 valence electrons. The first-order valence-electron chi connectivity index (χ1n) is 11.9. The monoisotopic (exact) mass is 449 g/mol. The smallest absolute Gasteiger partial charge is 0.266 e. The van der Waals surface area contributed by atoms with Gasteiger partial charge >= 0.3 is 0 Å². The lowest BCUT2D eigenvalue weighted by Gasteiger charge is -2.39. The highest BCUT2D eigenvalue weighted by molar-refractivity contribution is 5.85. The summed E-state index contributed by atoms with van der Waals surface area (Å²) in [6, 6.07) is 12.5. The largest absolute Gasteiger partial charge is 0.478 e. The summed E-state index contributed by atoms with van der Waals surface area (Å²) < 4.78 is 6.27. The van der Waals surface area contributed by atoms with E-state index in [1.165, 1.54) is 5.56 Å². The van der Waals surface area contributed by atoms with Gasteiger partial charge in [-0.05, 0) is 75.8 Å². The third-order valence-electron chi connectivity index (χ3n) is 6.89. The average Bonchev–Trinajstić information content (AvgIpc) is 2.81. The van der Waals surface area contributed by atoms with Crippen molar-refractivity contribution >= 4 is 17.7 Å². The Labute approximate surface area is 199 Å². The van der Waals surface area contributed by atoms with Crippen molar-refractivity contribution in [1.82, 2.24) is 9.80 Å². The summed E-state index contributed by atoms with van der Waals surface area (Å²) in [7, 11) is 1.91. The Bertz CT molecular complexity index is 990. The van der Waals surface area contributed by atoms with Crippen molar-refractivity contribution in [2.75, 3.05) is 32.4 Å². The number of hydrogen-bond donors (Lipinski definition) is 1. The zero-order valence-electron chi connectivity index (χ0n) is 21.0. The second kappa shape index (κ2) is 10.4. The lowest BCUT2D eigenvalue weighted by Crippen LogP contribution is -2.53. The Balaban J connectivity index is 1.56. The molecule has 1 heterocycles. The molecule has 0 bridgehead atoms. The van der Waals surface area contributed by atoms with Gasteiger partial charge < -0.3 is 15.4 Å². The quantitative estimate of drug-likeness (QED) is 0.605. The molecule has 1 aliphatic rings. The number of nitrogen functional groups attached to an aromatic ring is 1. The van der Waals surface area contributed by atoms with Crippen molar-refractivity contribution in [3.05, 3.63) is 64.7 Å². The summed E-state index contributed by atoms with van der Waals surface area (Å²) in [5.41, 5.74) is 10.2. The lowest BCUT2D eigenvalue weighted by atomic mass is 9.99. The van der Waals surface area contributed by atoms with E-state index in [0.717, 1.165) is 60.6 Å². The van der Waals surface area contributed by atoms with Crippen LogP contribution in [0.25, 0.3) is 6.08 Å². The van der Waals surface area contributed by atoms with Crippen molar-refractivity contribution in [3.8, 4) is 5.75 Å². The highest BCUT2D eigenvalue weighted by atomic mass is 16.5. The van der Waals surface area contributed by atoms with Crippen LogP contribution in [0.5, 0.6) is 5.75 Å². The number of ether oxygens (including phenoxy) is 1. The van der Waals surface area contributed by atoms with Crippen LogP contribution in [-0.4, -0.2) is 54.0 Å². The number of rotatable bonds is 7. The van der Waals surface area contributed by atoms with Crippen LogP contribution in [0, 0.1) is 20.8 Å². The minimum Gasteiger partial charge on any atom is -0.478 e. The van der Waals surface area contributed by atoms with Gasteiger partial charge in [-0.15, -0.1) is 0 Å². The van der Waals surface area contributed by atoms with Gasteiger partial charge in [0, 0.05) is 38.4 Å². The topological polar surface area (TPSA) is 58.8 Å². The molecular weight excluding hydrogens is 410 g/mol. The van der Waals surface area contributed by atoms with E-state index >= 15 is 0 Å². The number of nitrogens with zero attached hydrogens (tertiary/aromatic N) is 2. The van der Waals surface area contributed by atoms with Gasteiger partial charge in [0.1, 0.15) is 5.75 Å². The number of aryl methyl sites for hydroxylation is 1. The third kappa shape index (κ3) is 5.97. The van der Waals surface area contributed by atoms with Crippen molar-refractivity contribution < 1.29 is 9.53 Å². The number of carbonyl (C=O) groups excluding carboxylic acids is 1. The van der Waals surface area contributed by atoms with Gasteiger partial charge in [0.25, 0.3) is 5.91 Å². The predicted molar refractivity (Wildman–Crippen MR) is 137 cm³/mol. The molecule has 0 atom stereocenters. The Kier molecular flexibility index (Phi) is 7.85. The van der Waals surface area contributed by atoms with Gasteiger partial charge in [0.15, 0.2) is 5.60 Å². The Morgan fingerprint density at radius 2 is 1.79 bits per heavy atom. The first-order valence-corrected chi connectivity index (χ1v) is 11.9. The van der Waals surface area contributed by atoms with E-state index in [2.05, 4.69) is 41.3 Å². The maximum Gasteiger partial charge on any atom is 0.266 e. The van der Waals surface area contributed by atoms with Crippen LogP contribution in [0.3, 0.4) is 0 Å². The molecule has 1 amide bonds. The van der Waals surface area contributed by atoms with E-state index in [9.17, 15) is 4.79 Å². The standard InChI is InChI=1S/C28H39N3O2/c1-20-19-25(21(2)22(3)26(20)29)33-28(4,5)27(32)30(6)24-14-17-31(18-15-24)16-10-13-23-11-8-7-9-12-23/h7-13,19,24H,14-18,29H2,1-6H3. The molecule has 0 aliphatic carbocycles. The molecule has 0 spiro atoms. The third-order valence-corrected chi connectivity index (χ3v) is 6.89. The SMILES string of the molecule is Cc1cc(OC(C)(C)C(=O)N(C)C2CCN(CC=Cc3ccccc3)CC2)c(C)c(C)c1N. The number of hydrogen-bond acceptors (Lipinski definition) is 4. The molecule has 5 heteroatoms. The van der Waals surface area contributed by atoms with Gasteiger partial charge in [-0.1, -0.05) is 42.5 Å². The van der Waals surface area contributed by atoms with Crippen molar-refractivity contribution in [3.63, 3.8) is 0 Å². The Morgan fingerprint density at radius 3 is 2.42 bits per heavy atom. The Morgan fingerprint density at radius 1 is 1.15 bits per heavy atom. The van der Waals surface area contributed by atoms with E-state index in [4.69, 9.17) is 10.5 Å². The number of nitrogens with two attached hydrogens (primary N) is 1. The van der Waals surface area contributed by atoms with E-state index in [1.54, 1.807) is 0 Å². The zero-order valence-corrected chi connectivity index (χ0v) is 21.0. The highest BCUT2D eigenvalue weighted by Crippen LogP contribution is 2.32. The second-order valence-electron chi connectivity index (χ2n) is 9.73. The average molecular weight is 450 g/mol. The molecule has 1 fully saturated rings. The molecule has 2 aromatic rings. The van der Waals surface area contributed by atoms with Crippen LogP contribution in [0.1, 0.15) is 48.9 Å². The van der Waals surface area contributed by atoms with Gasteiger partial charge in [0.2, 0.25) is 0 Å². The molecule has 0 aromatic heterocycles. The number of piperidine rings is 1. The minimum absolute atomic E-state index is 0.0106. The lowest BCUT2D eigenvalue weighted by molar-refractivity contribution is -0.147. The molecular formula is C28H39N3O2. The fourth-order valence-corrected chi connectivity index (χ4v) is 4.47. The predicted octanol–water partition coefficient (Wildman–Crippen LogP) is 4.99. The van der Waals surface area contributed by atoms with E-state index in [-0.39, 0.29) is 11.9 Å². The fraction of sp³-hybridized carbons (Fsp3) is 0.464. The first-order chi connectivity index (χ1) is 15.6. The zero-order chi connectivity index (χ0) is 24.2. The van der Waals surface area contributed by atoms with Crippen LogP contribution in [-0.2, 0) is 4.79 Å². The van der Waals surface area contributed by atoms with Gasteiger partial charge in [-0.2, -0.15) is 0 Å². The normalized spacial score (nSPS) is 15.7. The second-order valence-corrected chi connectivity index (χ2v) is 9.73. The summed E-state index contributed by atoms with van der Waals surface area (Å²) in [6.07, 6.45) is 6.33. The molecule has 3 rings (SSSR count). The van der Waals surface area contributed by atoms with Crippen molar-refractivity contribution in [2.45, 2.75) is 59.1 Å². The fourth-order valence-electron chi connectivity index (χ4n) is 4.47. The molecule has 2 N–H and O–H groups in total. The molecule has 0 saturated carbocycles.